The first-order chi connectivity index (χ1) is 13.5. The number of hydrogen-bond donors (Lipinski definition) is 2. The number of aliphatic hydroxyl groups is 2. The van der Waals surface area contributed by atoms with Crippen molar-refractivity contribution < 1.29 is 30.3 Å². The minimum Gasteiger partial charge on any atom is -0.393 e. The molecular weight excluding hydrogens is 538 g/mol. The first-order valence-electron chi connectivity index (χ1n) is 10.2. The maximum absolute atomic E-state index is 9.41. The molecule has 2 saturated carbocycles. The molecule has 1 aromatic heterocycles. The fraction of sp³-hybridized carbons (Fsp3) is 0.400. The number of pyridine rings is 1. The Bertz CT molecular complexity index is 946. The molecule has 2 fully saturated rings. The van der Waals surface area contributed by atoms with Gasteiger partial charge in [-0.15, -0.1) is 35.9 Å². The first kappa shape index (κ1) is 22.1. The summed E-state index contributed by atoms with van der Waals surface area (Å²) in [7, 11) is 0. The van der Waals surface area contributed by atoms with Gasteiger partial charge in [0.1, 0.15) is 0 Å². The van der Waals surface area contributed by atoms with Crippen LogP contribution in [0.2, 0.25) is 0 Å². The fourth-order valence-corrected chi connectivity index (χ4v) is 4.98. The molecule has 0 spiro atoms. The summed E-state index contributed by atoms with van der Waals surface area (Å²) in [6, 6.07) is 17.7. The molecule has 0 saturated heterocycles. The quantitative estimate of drug-likeness (QED) is 0.415. The monoisotopic (exact) mass is 567 g/mol. The molecule has 0 amide bonds. The van der Waals surface area contributed by atoms with Crippen molar-refractivity contribution >= 4 is 10.8 Å². The second-order valence-corrected chi connectivity index (χ2v) is 8.24. The minimum absolute atomic E-state index is 0. The van der Waals surface area contributed by atoms with E-state index in [1.54, 1.807) is 0 Å². The molecule has 5 rings (SSSR count). The van der Waals surface area contributed by atoms with E-state index in [0.717, 1.165) is 36.9 Å². The van der Waals surface area contributed by atoms with E-state index in [1.807, 2.05) is 24.4 Å². The molecule has 3 aromatic rings. The van der Waals surface area contributed by atoms with Crippen LogP contribution in [0.1, 0.15) is 36.8 Å². The Kier molecular flexibility index (Phi) is 7.23. The van der Waals surface area contributed by atoms with Crippen molar-refractivity contribution in [3.05, 3.63) is 65.9 Å². The Morgan fingerprint density at radius 2 is 1.66 bits per heavy atom. The molecule has 155 valence electrons. The van der Waals surface area contributed by atoms with Gasteiger partial charge in [0.25, 0.3) is 0 Å². The average molecular weight is 567 g/mol. The summed E-state index contributed by atoms with van der Waals surface area (Å²) >= 11 is 0. The third kappa shape index (κ3) is 4.62. The molecule has 1 radical (unpaired) electrons. The SMILES string of the molecule is Cc1cc(C)c2ccnc(-c3[c-]cccc3)c2c1.OC1CCC2CCC(O)C12.[Ir]. The number of aliphatic hydroxyl groups excluding tert-OH is 2. The van der Waals surface area contributed by atoms with Crippen molar-refractivity contribution in [2.75, 3.05) is 0 Å². The topological polar surface area (TPSA) is 53.4 Å². The van der Waals surface area contributed by atoms with Crippen molar-refractivity contribution in [2.45, 2.75) is 51.7 Å². The predicted octanol–water partition coefficient (Wildman–Crippen LogP) is 4.84. The second kappa shape index (κ2) is 9.49. The number of rotatable bonds is 1. The van der Waals surface area contributed by atoms with E-state index < -0.39 is 0 Å². The van der Waals surface area contributed by atoms with Crippen molar-refractivity contribution in [1.82, 2.24) is 4.98 Å². The molecule has 2 unspecified atom stereocenters. The molecule has 2 aromatic carbocycles. The summed E-state index contributed by atoms with van der Waals surface area (Å²) in [5, 5.41) is 21.3. The zero-order valence-electron chi connectivity index (χ0n) is 16.9. The number of benzene rings is 2. The first-order valence-corrected chi connectivity index (χ1v) is 10.2. The molecule has 2 aliphatic rings. The Labute approximate surface area is 186 Å². The van der Waals surface area contributed by atoms with E-state index in [9.17, 15) is 10.2 Å². The van der Waals surface area contributed by atoms with Crippen LogP contribution in [-0.4, -0.2) is 27.4 Å². The van der Waals surface area contributed by atoms with E-state index in [2.05, 4.69) is 49.2 Å². The average Bonchev–Trinajstić information content (AvgIpc) is 3.26. The van der Waals surface area contributed by atoms with Crippen molar-refractivity contribution in [3.63, 3.8) is 0 Å². The smallest absolute Gasteiger partial charge is 0.0595 e. The van der Waals surface area contributed by atoms with Crippen LogP contribution < -0.4 is 0 Å². The van der Waals surface area contributed by atoms with Crippen LogP contribution >= 0.6 is 0 Å². The summed E-state index contributed by atoms with van der Waals surface area (Å²) in [6.45, 7) is 4.27. The number of hydrogen-bond acceptors (Lipinski definition) is 3. The number of aromatic nitrogens is 1. The van der Waals surface area contributed by atoms with Gasteiger partial charge in [-0.3, -0.25) is 0 Å². The van der Waals surface area contributed by atoms with Gasteiger partial charge in [-0.25, -0.2) is 0 Å². The molecule has 0 aliphatic heterocycles. The van der Waals surface area contributed by atoms with Gasteiger partial charge in [-0.05, 0) is 73.5 Å². The van der Waals surface area contributed by atoms with Gasteiger partial charge in [0.05, 0.1) is 12.2 Å². The zero-order valence-corrected chi connectivity index (χ0v) is 19.3. The van der Waals surface area contributed by atoms with E-state index in [0.29, 0.717) is 5.92 Å². The summed E-state index contributed by atoms with van der Waals surface area (Å²) in [6.07, 6.45) is 5.54. The van der Waals surface area contributed by atoms with Crippen LogP contribution in [0.5, 0.6) is 0 Å². The van der Waals surface area contributed by atoms with Gasteiger partial charge in [-0.1, -0.05) is 17.7 Å². The number of fused-ring (bicyclic) bond motifs is 2. The largest absolute Gasteiger partial charge is 0.393 e. The van der Waals surface area contributed by atoms with Gasteiger partial charge in [0, 0.05) is 32.2 Å². The Morgan fingerprint density at radius 3 is 2.28 bits per heavy atom. The summed E-state index contributed by atoms with van der Waals surface area (Å²) in [4.78, 5) is 4.53. The van der Waals surface area contributed by atoms with Gasteiger partial charge in [0.15, 0.2) is 0 Å². The normalized spacial score (nSPS) is 25.1. The Hall–Kier alpha value is -1.58. The molecule has 2 aliphatic carbocycles. The van der Waals surface area contributed by atoms with E-state index >= 15 is 0 Å². The zero-order chi connectivity index (χ0) is 19.7. The molecule has 2 N–H and O–H groups in total. The molecule has 0 bridgehead atoms. The molecule has 29 heavy (non-hydrogen) atoms. The van der Waals surface area contributed by atoms with Crippen LogP contribution in [0.15, 0.2) is 48.7 Å². The van der Waals surface area contributed by atoms with E-state index in [4.69, 9.17) is 0 Å². The molecule has 4 heteroatoms. The van der Waals surface area contributed by atoms with E-state index in [1.165, 1.54) is 21.9 Å². The van der Waals surface area contributed by atoms with Crippen LogP contribution in [0.4, 0.5) is 0 Å². The Balaban J connectivity index is 0.000000186. The summed E-state index contributed by atoms with van der Waals surface area (Å²) in [5.41, 5.74) is 4.63. The van der Waals surface area contributed by atoms with Gasteiger partial charge in [0.2, 0.25) is 0 Å². The van der Waals surface area contributed by atoms with E-state index in [-0.39, 0.29) is 38.2 Å². The van der Waals surface area contributed by atoms with Gasteiger partial charge < -0.3 is 15.2 Å². The van der Waals surface area contributed by atoms with Crippen molar-refractivity contribution in [1.29, 1.82) is 0 Å². The van der Waals surface area contributed by atoms with Gasteiger partial charge >= 0.3 is 0 Å². The van der Waals surface area contributed by atoms with Gasteiger partial charge in [-0.2, -0.15) is 0 Å². The number of aryl methyl sites for hydroxylation is 2. The maximum Gasteiger partial charge on any atom is 0.0595 e. The second-order valence-electron chi connectivity index (χ2n) is 8.24. The molecule has 2 atom stereocenters. The minimum atomic E-state index is -0.206. The summed E-state index contributed by atoms with van der Waals surface area (Å²) < 4.78 is 0. The van der Waals surface area contributed by atoms with Crippen LogP contribution in [0.25, 0.3) is 22.0 Å². The maximum atomic E-state index is 9.41. The van der Waals surface area contributed by atoms with Crippen molar-refractivity contribution in [3.8, 4) is 11.3 Å². The Morgan fingerprint density at radius 1 is 0.931 bits per heavy atom. The van der Waals surface area contributed by atoms with Crippen LogP contribution in [0.3, 0.4) is 0 Å². The van der Waals surface area contributed by atoms with Crippen LogP contribution in [-0.2, 0) is 20.1 Å². The third-order valence-corrected chi connectivity index (χ3v) is 6.29. The predicted molar refractivity (Wildman–Crippen MR) is 113 cm³/mol. The molecule has 3 nitrogen and oxygen atoms in total. The molecule has 1 heterocycles. The number of nitrogens with zero attached hydrogens (tertiary/aromatic N) is 1. The third-order valence-electron chi connectivity index (χ3n) is 6.29. The standard InChI is InChI=1S/C17H14N.C8H14O2.Ir/c1-12-10-13(2)15-8-9-18-17(16(15)11-12)14-6-4-3-5-7-14;9-6-3-1-5-2-4-7(10)8(5)6;/h3-6,8-11H,1-2H3;5-10H,1-4H2;/q-1;;. The van der Waals surface area contributed by atoms with Crippen LogP contribution in [0, 0.1) is 31.7 Å². The summed E-state index contributed by atoms with van der Waals surface area (Å²) in [5.74, 6) is 0.852. The fourth-order valence-electron chi connectivity index (χ4n) is 4.98. The molecular formula is C25H28IrNO2-. The van der Waals surface area contributed by atoms with Crippen molar-refractivity contribution in [2.24, 2.45) is 11.8 Å².